The first-order valence-electron chi connectivity index (χ1n) is 4.18. The Morgan fingerprint density at radius 1 is 1.38 bits per heavy atom. The fraction of sp³-hybridized carbons (Fsp3) is 0.400. The molecule has 0 aliphatic heterocycles. The highest BCUT2D eigenvalue weighted by molar-refractivity contribution is 9.10. The van der Waals surface area contributed by atoms with Crippen molar-refractivity contribution in [3.05, 3.63) is 34.3 Å². The van der Waals surface area contributed by atoms with Gasteiger partial charge in [0.2, 0.25) is 0 Å². The van der Waals surface area contributed by atoms with Crippen LogP contribution in [0.1, 0.15) is 12.5 Å². The van der Waals surface area contributed by atoms with Crippen molar-refractivity contribution in [3.8, 4) is 0 Å². The molecule has 0 heterocycles. The summed E-state index contributed by atoms with van der Waals surface area (Å²) in [6.45, 7) is 1.85. The van der Waals surface area contributed by atoms with E-state index >= 15 is 0 Å². The molecule has 1 aromatic carbocycles. The van der Waals surface area contributed by atoms with Gasteiger partial charge >= 0.3 is 0 Å². The summed E-state index contributed by atoms with van der Waals surface area (Å²) < 4.78 is 1.05. The van der Waals surface area contributed by atoms with Crippen LogP contribution in [-0.2, 0) is 6.42 Å². The second kappa shape index (κ2) is 4.22. The van der Waals surface area contributed by atoms with Crippen molar-refractivity contribution in [2.75, 3.05) is 6.61 Å². The van der Waals surface area contributed by atoms with E-state index < -0.39 is 5.54 Å². The van der Waals surface area contributed by atoms with Gasteiger partial charge in [-0.2, -0.15) is 0 Å². The van der Waals surface area contributed by atoms with Crippen molar-refractivity contribution >= 4 is 15.9 Å². The van der Waals surface area contributed by atoms with E-state index in [0.717, 1.165) is 10.0 Å². The Labute approximate surface area is 86.9 Å². The monoisotopic (exact) mass is 243 g/mol. The van der Waals surface area contributed by atoms with E-state index in [4.69, 9.17) is 10.8 Å². The van der Waals surface area contributed by atoms with Crippen molar-refractivity contribution in [2.45, 2.75) is 18.9 Å². The molecule has 1 aromatic rings. The third-order valence-corrected chi connectivity index (χ3v) is 2.41. The van der Waals surface area contributed by atoms with E-state index in [1.54, 1.807) is 0 Å². The quantitative estimate of drug-likeness (QED) is 0.850. The smallest absolute Gasteiger partial charge is 0.0611 e. The van der Waals surface area contributed by atoms with E-state index in [1.165, 1.54) is 0 Å². The molecule has 1 atom stereocenters. The second-order valence-corrected chi connectivity index (χ2v) is 4.53. The van der Waals surface area contributed by atoms with Crippen LogP contribution in [0.3, 0.4) is 0 Å². The van der Waals surface area contributed by atoms with Crippen LogP contribution in [0, 0.1) is 0 Å². The predicted octanol–water partition coefficient (Wildman–Crippen LogP) is 1.70. The lowest BCUT2D eigenvalue weighted by Gasteiger charge is -2.21. The van der Waals surface area contributed by atoms with E-state index in [1.807, 2.05) is 31.2 Å². The van der Waals surface area contributed by atoms with Crippen LogP contribution in [-0.4, -0.2) is 17.3 Å². The average Bonchev–Trinajstić information content (AvgIpc) is 2.09. The highest BCUT2D eigenvalue weighted by Crippen LogP contribution is 2.14. The number of benzene rings is 1. The zero-order valence-corrected chi connectivity index (χ0v) is 9.21. The van der Waals surface area contributed by atoms with Gasteiger partial charge in [0.1, 0.15) is 0 Å². The van der Waals surface area contributed by atoms with Crippen molar-refractivity contribution in [3.63, 3.8) is 0 Å². The zero-order valence-electron chi connectivity index (χ0n) is 7.63. The minimum Gasteiger partial charge on any atom is -0.394 e. The van der Waals surface area contributed by atoms with E-state index in [0.29, 0.717) is 6.42 Å². The Kier molecular flexibility index (Phi) is 3.47. The Morgan fingerprint density at radius 3 is 2.38 bits per heavy atom. The molecule has 0 amide bonds. The first kappa shape index (κ1) is 10.7. The molecule has 0 radical (unpaired) electrons. The minimum absolute atomic E-state index is 0.00304. The van der Waals surface area contributed by atoms with Crippen LogP contribution in [0.4, 0.5) is 0 Å². The van der Waals surface area contributed by atoms with Crippen LogP contribution < -0.4 is 5.73 Å². The lowest BCUT2D eigenvalue weighted by molar-refractivity contribution is 0.208. The van der Waals surface area contributed by atoms with Crippen molar-refractivity contribution in [1.82, 2.24) is 0 Å². The largest absolute Gasteiger partial charge is 0.394 e. The maximum atomic E-state index is 8.98. The Morgan fingerprint density at radius 2 is 1.92 bits per heavy atom. The van der Waals surface area contributed by atoms with Gasteiger partial charge in [-0.05, 0) is 31.0 Å². The number of aliphatic hydroxyl groups is 1. The molecule has 0 saturated carbocycles. The van der Waals surface area contributed by atoms with Gasteiger partial charge in [0.15, 0.2) is 0 Å². The summed E-state index contributed by atoms with van der Waals surface area (Å²) in [4.78, 5) is 0. The van der Waals surface area contributed by atoms with E-state index in [9.17, 15) is 0 Å². The molecule has 2 nitrogen and oxygen atoms in total. The van der Waals surface area contributed by atoms with Gasteiger partial charge in [-0.1, -0.05) is 28.1 Å². The summed E-state index contributed by atoms with van der Waals surface area (Å²) in [5, 5.41) is 8.98. The molecule has 72 valence electrons. The number of hydrogen-bond acceptors (Lipinski definition) is 2. The fourth-order valence-electron chi connectivity index (χ4n) is 1.12. The second-order valence-electron chi connectivity index (χ2n) is 3.62. The Balaban J connectivity index is 2.69. The lowest BCUT2D eigenvalue weighted by Crippen LogP contribution is -2.42. The summed E-state index contributed by atoms with van der Waals surface area (Å²) in [6, 6.07) is 7.96. The summed E-state index contributed by atoms with van der Waals surface area (Å²) >= 11 is 3.36. The van der Waals surface area contributed by atoms with Gasteiger partial charge in [-0.15, -0.1) is 0 Å². The topological polar surface area (TPSA) is 46.2 Å². The van der Waals surface area contributed by atoms with Crippen molar-refractivity contribution in [1.29, 1.82) is 0 Å². The molecule has 3 N–H and O–H groups in total. The molecule has 0 saturated heterocycles. The fourth-order valence-corrected chi connectivity index (χ4v) is 1.39. The first-order valence-corrected chi connectivity index (χ1v) is 4.97. The molecule has 0 spiro atoms. The SMILES string of the molecule is CC(N)(CO)Cc1ccc(Br)cc1. The summed E-state index contributed by atoms with van der Waals surface area (Å²) in [5.41, 5.74) is 6.45. The highest BCUT2D eigenvalue weighted by atomic mass is 79.9. The predicted molar refractivity (Wildman–Crippen MR) is 57.5 cm³/mol. The van der Waals surface area contributed by atoms with Gasteiger partial charge in [-0.25, -0.2) is 0 Å². The van der Waals surface area contributed by atoms with Gasteiger partial charge in [0.05, 0.1) is 6.61 Å². The van der Waals surface area contributed by atoms with Gasteiger partial charge < -0.3 is 10.8 Å². The minimum atomic E-state index is -0.520. The molecule has 1 unspecified atom stereocenters. The first-order chi connectivity index (χ1) is 6.03. The van der Waals surface area contributed by atoms with Gasteiger partial charge in [-0.3, -0.25) is 0 Å². The maximum absolute atomic E-state index is 8.98. The summed E-state index contributed by atoms with van der Waals surface area (Å²) in [6.07, 6.45) is 0.691. The molecule has 0 aliphatic rings. The number of nitrogens with two attached hydrogens (primary N) is 1. The third-order valence-electron chi connectivity index (χ3n) is 1.88. The van der Waals surface area contributed by atoms with Gasteiger partial charge in [0.25, 0.3) is 0 Å². The molecule has 0 fully saturated rings. The number of hydrogen-bond donors (Lipinski definition) is 2. The molecular formula is C10H14BrNO. The van der Waals surface area contributed by atoms with Crippen LogP contribution in [0.25, 0.3) is 0 Å². The van der Waals surface area contributed by atoms with Crippen LogP contribution in [0.5, 0.6) is 0 Å². The third kappa shape index (κ3) is 3.46. The number of aliphatic hydroxyl groups excluding tert-OH is 1. The highest BCUT2D eigenvalue weighted by Gasteiger charge is 2.17. The molecule has 0 aliphatic carbocycles. The number of halogens is 1. The molecule has 1 rings (SSSR count). The standard InChI is InChI=1S/C10H14BrNO/c1-10(12,7-13)6-8-2-4-9(11)5-3-8/h2-5,13H,6-7,12H2,1H3. The molecular weight excluding hydrogens is 230 g/mol. The average molecular weight is 244 g/mol. The molecule has 13 heavy (non-hydrogen) atoms. The zero-order chi connectivity index (χ0) is 9.90. The molecule has 0 bridgehead atoms. The van der Waals surface area contributed by atoms with E-state index in [2.05, 4.69) is 15.9 Å². The Bertz CT molecular complexity index is 269. The lowest BCUT2D eigenvalue weighted by atomic mass is 9.95. The van der Waals surface area contributed by atoms with Crippen LogP contribution in [0.15, 0.2) is 28.7 Å². The van der Waals surface area contributed by atoms with Crippen molar-refractivity contribution < 1.29 is 5.11 Å². The Hall–Kier alpha value is -0.380. The van der Waals surface area contributed by atoms with Gasteiger partial charge in [0, 0.05) is 10.0 Å². The summed E-state index contributed by atoms with van der Waals surface area (Å²) in [7, 11) is 0. The molecule has 3 heteroatoms. The van der Waals surface area contributed by atoms with E-state index in [-0.39, 0.29) is 6.61 Å². The van der Waals surface area contributed by atoms with Crippen LogP contribution in [0.2, 0.25) is 0 Å². The normalized spacial score (nSPS) is 15.4. The number of rotatable bonds is 3. The molecule has 0 aromatic heterocycles. The summed E-state index contributed by atoms with van der Waals surface area (Å²) in [5.74, 6) is 0. The van der Waals surface area contributed by atoms with Crippen molar-refractivity contribution in [2.24, 2.45) is 5.73 Å². The maximum Gasteiger partial charge on any atom is 0.0611 e. The van der Waals surface area contributed by atoms with Crippen LogP contribution >= 0.6 is 15.9 Å².